The SMILES string of the molecule is Cc1ccc(C(=O)NCC2CCn3ccnc3C2)c(C)n1. The standard InChI is InChI=1S/C16H20N4O/c1-11-3-4-14(12(2)19-11)16(21)18-10-13-5-7-20-8-6-17-15(20)9-13/h3-4,6,8,13H,5,7,9-10H2,1-2H3,(H,18,21). The van der Waals surface area contributed by atoms with Crippen molar-refractivity contribution in [3.63, 3.8) is 0 Å². The summed E-state index contributed by atoms with van der Waals surface area (Å²) in [7, 11) is 0. The lowest BCUT2D eigenvalue weighted by Gasteiger charge is -2.23. The van der Waals surface area contributed by atoms with Gasteiger partial charge in [-0.05, 0) is 38.3 Å². The van der Waals surface area contributed by atoms with Gasteiger partial charge in [0.2, 0.25) is 0 Å². The number of pyridine rings is 1. The van der Waals surface area contributed by atoms with E-state index in [-0.39, 0.29) is 5.91 Å². The van der Waals surface area contributed by atoms with Crippen LogP contribution in [0, 0.1) is 19.8 Å². The molecule has 1 unspecified atom stereocenters. The van der Waals surface area contributed by atoms with Crippen molar-refractivity contribution in [1.82, 2.24) is 19.9 Å². The highest BCUT2D eigenvalue weighted by Crippen LogP contribution is 2.18. The Balaban J connectivity index is 1.59. The van der Waals surface area contributed by atoms with Crippen LogP contribution >= 0.6 is 0 Å². The van der Waals surface area contributed by atoms with E-state index < -0.39 is 0 Å². The number of carbonyl (C=O) groups excluding carboxylic acids is 1. The smallest absolute Gasteiger partial charge is 0.253 e. The molecule has 1 N–H and O–H groups in total. The molecule has 0 fully saturated rings. The number of amides is 1. The van der Waals surface area contributed by atoms with Gasteiger partial charge in [0.25, 0.3) is 5.91 Å². The van der Waals surface area contributed by atoms with E-state index in [0.29, 0.717) is 18.0 Å². The molecule has 3 heterocycles. The molecule has 110 valence electrons. The van der Waals surface area contributed by atoms with Gasteiger partial charge in [0.05, 0.1) is 11.3 Å². The molecule has 5 nitrogen and oxygen atoms in total. The maximum atomic E-state index is 12.2. The highest BCUT2D eigenvalue weighted by molar-refractivity contribution is 5.95. The van der Waals surface area contributed by atoms with Gasteiger partial charge in [0.1, 0.15) is 5.82 Å². The Hall–Kier alpha value is -2.17. The van der Waals surface area contributed by atoms with Crippen molar-refractivity contribution in [3.8, 4) is 0 Å². The molecule has 1 aliphatic heterocycles. The summed E-state index contributed by atoms with van der Waals surface area (Å²) in [6.45, 7) is 5.48. The van der Waals surface area contributed by atoms with Crippen LogP contribution < -0.4 is 5.32 Å². The molecular weight excluding hydrogens is 264 g/mol. The van der Waals surface area contributed by atoms with Crippen LogP contribution in [-0.2, 0) is 13.0 Å². The van der Waals surface area contributed by atoms with E-state index in [2.05, 4.69) is 19.9 Å². The number of aromatic nitrogens is 3. The van der Waals surface area contributed by atoms with Crippen molar-refractivity contribution in [2.24, 2.45) is 5.92 Å². The lowest BCUT2D eigenvalue weighted by Crippen LogP contribution is -2.33. The van der Waals surface area contributed by atoms with Gasteiger partial charge in [-0.1, -0.05) is 0 Å². The van der Waals surface area contributed by atoms with Gasteiger partial charge in [-0.15, -0.1) is 0 Å². The second-order valence-corrected chi connectivity index (χ2v) is 5.69. The minimum absolute atomic E-state index is 0.0334. The predicted molar refractivity (Wildman–Crippen MR) is 80.1 cm³/mol. The van der Waals surface area contributed by atoms with Crippen LogP contribution in [0.15, 0.2) is 24.5 Å². The van der Waals surface area contributed by atoms with E-state index in [1.165, 1.54) is 0 Å². The van der Waals surface area contributed by atoms with E-state index in [4.69, 9.17) is 0 Å². The monoisotopic (exact) mass is 284 g/mol. The van der Waals surface area contributed by atoms with Gasteiger partial charge >= 0.3 is 0 Å². The number of fused-ring (bicyclic) bond motifs is 1. The molecule has 0 aliphatic carbocycles. The van der Waals surface area contributed by atoms with Crippen molar-refractivity contribution >= 4 is 5.91 Å². The molecule has 0 spiro atoms. The van der Waals surface area contributed by atoms with Gasteiger partial charge in [-0.2, -0.15) is 0 Å². The van der Waals surface area contributed by atoms with E-state index in [9.17, 15) is 4.79 Å². The topological polar surface area (TPSA) is 59.8 Å². The first-order valence-electron chi connectivity index (χ1n) is 7.36. The fourth-order valence-electron chi connectivity index (χ4n) is 2.85. The molecule has 0 bridgehead atoms. The molecule has 0 saturated carbocycles. The number of nitrogens with zero attached hydrogens (tertiary/aromatic N) is 3. The first-order chi connectivity index (χ1) is 10.1. The number of nitrogens with one attached hydrogen (secondary N) is 1. The normalized spacial score (nSPS) is 17.3. The summed E-state index contributed by atoms with van der Waals surface area (Å²) in [5.41, 5.74) is 2.38. The molecule has 2 aromatic rings. The largest absolute Gasteiger partial charge is 0.352 e. The quantitative estimate of drug-likeness (QED) is 0.936. The second-order valence-electron chi connectivity index (χ2n) is 5.69. The Bertz CT molecular complexity index is 662. The number of hydrogen-bond acceptors (Lipinski definition) is 3. The van der Waals surface area contributed by atoms with Crippen molar-refractivity contribution < 1.29 is 4.79 Å². The molecule has 5 heteroatoms. The maximum Gasteiger partial charge on any atom is 0.253 e. The fourth-order valence-corrected chi connectivity index (χ4v) is 2.85. The van der Waals surface area contributed by atoms with E-state index in [1.54, 1.807) is 0 Å². The van der Waals surface area contributed by atoms with Gasteiger partial charge in [0, 0.05) is 37.6 Å². The molecular formula is C16H20N4O. The third-order valence-electron chi connectivity index (χ3n) is 4.07. The molecule has 1 atom stereocenters. The zero-order valence-corrected chi connectivity index (χ0v) is 12.5. The molecule has 0 saturated heterocycles. The predicted octanol–water partition coefficient (Wildman–Crippen LogP) is 1.89. The van der Waals surface area contributed by atoms with Crippen molar-refractivity contribution in [2.45, 2.75) is 33.2 Å². The van der Waals surface area contributed by atoms with Crippen LogP contribution in [0.2, 0.25) is 0 Å². The Morgan fingerprint density at radius 3 is 3.10 bits per heavy atom. The average molecular weight is 284 g/mol. The van der Waals surface area contributed by atoms with Gasteiger partial charge < -0.3 is 9.88 Å². The third-order valence-corrected chi connectivity index (χ3v) is 4.07. The Labute approximate surface area is 124 Å². The van der Waals surface area contributed by atoms with Crippen LogP contribution in [0.1, 0.15) is 34.0 Å². The highest BCUT2D eigenvalue weighted by Gasteiger charge is 2.20. The summed E-state index contributed by atoms with van der Waals surface area (Å²) in [5.74, 6) is 1.55. The third kappa shape index (κ3) is 2.96. The van der Waals surface area contributed by atoms with Gasteiger partial charge in [-0.3, -0.25) is 9.78 Å². The number of hydrogen-bond donors (Lipinski definition) is 1. The lowest BCUT2D eigenvalue weighted by molar-refractivity contribution is 0.0943. The first-order valence-corrected chi connectivity index (χ1v) is 7.36. The van der Waals surface area contributed by atoms with Crippen molar-refractivity contribution in [1.29, 1.82) is 0 Å². The van der Waals surface area contributed by atoms with Crippen LogP contribution in [0.4, 0.5) is 0 Å². The fraction of sp³-hybridized carbons (Fsp3) is 0.438. The number of rotatable bonds is 3. The van der Waals surface area contributed by atoms with Gasteiger partial charge in [-0.25, -0.2) is 4.98 Å². The molecule has 21 heavy (non-hydrogen) atoms. The molecule has 2 aromatic heterocycles. The average Bonchev–Trinajstić information content (AvgIpc) is 2.92. The van der Waals surface area contributed by atoms with Crippen LogP contribution in [0.25, 0.3) is 0 Å². The Morgan fingerprint density at radius 1 is 1.43 bits per heavy atom. The Morgan fingerprint density at radius 2 is 2.29 bits per heavy atom. The number of carbonyl (C=O) groups is 1. The summed E-state index contributed by atoms with van der Waals surface area (Å²) < 4.78 is 2.19. The number of imidazole rings is 1. The van der Waals surface area contributed by atoms with E-state index in [1.807, 2.05) is 38.4 Å². The van der Waals surface area contributed by atoms with E-state index in [0.717, 1.165) is 36.6 Å². The summed E-state index contributed by atoms with van der Waals surface area (Å²) in [5, 5.41) is 3.04. The molecule has 1 aliphatic rings. The summed E-state index contributed by atoms with van der Waals surface area (Å²) >= 11 is 0. The number of aryl methyl sites for hydroxylation is 3. The van der Waals surface area contributed by atoms with E-state index >= 15 is 0 Å². The lowest BCUT2D eigenvalue weighted by atomic mass is 9.97. The van der Waals surface area contributed by atoms with Crippen molar-refractivity contribution in [3.05, 3.63) is 47.3 Å². The molecule has 0 aromatic carbocycles. The zero-order chi connectivity index (χ0) is 14.8. The summed E-state index contributed by atoms with van der Waals surface area (Å²) in [6, 6.07) is 3.72. The minimum atomic E-state index is -0.0334. The summed E-state index contributed by atoms with van der Waals surface area (Å²) in [4.78, 5) is 20.9. The van der Waals surface area contributed by atoms with Crippen LogP contribution in [0.5, 0.6) is 0 Å². The highest BCUT2D eigenvalue weighted by atomic mass is 16.1. The van der Waals surface area contributed by atoms with Crippen LogP contribution in [-0.4, -0.2) is 27.0 Å². The summed E-state index contributed by atoms with van der Waals surface area (Å²) in [6.07, 6.45) is 5.87. The van der Waals surface area contributed by atoms with Crippen LogP contribution in [0.3, 0.4) is 0 Å². The second kappa shape index (κ2) is 5.68. The molecule has 1 amide bonds. The van der Waals surface area contributed by atoms with Gasteiger partial charge in [0.15, 0.2) is 0 Å². The minimum Gasteiger partial charge on any atom is -0.352 e. The van der Waals surface area contributed by atoms with Crippen molar-refractivity contribution in [2.75, 3.05) is 6.54 Å². The first kappa shape index (κ1) is 13.8. The molecule has 0 radical (unpaired) electrons. The zero-order valence-electron chi connectivity index (χ0n) is 12.5. The Kier molecular flexibility index (Phi) is 3.73. The molecule has 3 rings (SSSR count). The maximum absolute atomic E-state index is 12.2.